The Hall–Kier alpha value is -1.40. The molecule has 0 aliphatic rings. The lowest BCUT2D eigenvalue weighted by Gasteiger charge is -2.11. The molecule has 0 saturated carbocycles. The summed E-state index contributed by atoms with van der Waals surface area (Å²) in [6, 6.07) is 5.22. The van der Waals surface area contributed by atoms with Gasteiger partial charge in [-0.1, -0.05) is 0 Å². The van der Waals surface area contributed by atoms with Crippen LogP contribution in [0.1, 0.15) is 6.42 Å². The first-order valence-corrected chi connectivity index (χ1v) is 7.07. The fourth-order valence-corrected chi connectivity index (χ4v) is 2.15. The summed E-state index contributed by atoms with van der Waals surface area (Å²) in [5, 5.41) is 11.4. The van der Waals surface area contributed by atoms with Crippen LogP contribution in [0.4, 0.5) is 5.69 Å². The Morgan fingerprint density at radius 3 is 2.79 bits per heavy atom. The molecule has 6 heteroatoms. The van der Waals surface area contributed by atoms with Crippen molar-refractivity contribution in [3.8, 4) is 11.5 Å². The van der Waals surface area contributed by atoms with E-state index in [4.69, 9.17) is 14.6 Å². The van der Waals surface area contributed by atoms with Gasteiger partial charge in [0.05, 0.1) is 25.7 Å². The van der Waals surface area contributed by atoms with Crippen molar-refractivity contribution in [2.45, 2.75) is 6.42 Å². The number of amides is 1. The number of ether oxygens (including phenoxy) is 2. The van der Waals surface area contributed by atoms with E-state index in [9.17, 15) is 4.79 Å². The van der Waals surface area contributed by atoms with Crippen LogP contribution in [0.25, 0.3) is 0 Å². The fourth-order valence-electron chi connectivity index (χ4n) is 1.42. The van der Waals surface area contributed by atoms with Gasteiger partial charge < -0.3 is 19.9 Å². The Kier molecular flexibility index (Phi) is 7.14. The minimum atomic E-state index is -0.0913. The summed E-state index contributed by atoms with van der Waals surface area (Å²) in [7, 11) is 3.12. The maximum absolute atomic E-state index is 11.7. The summed E-state index contributed by atoms with van der Waals surface area (Å²) in [6.07, 6.45) is 0.698. The van der Waals surface area contributed by atoms with Gasteiger partial charge in [-0.05, 0) is 24.3 Å². The number of carbonyl (C=O) groups excluding carboxylic acids is 1. The summed E-state index contributed by atoms with van der Waals surface area (Å²) < 4.78 is 10.3. The number of aliphatic hydroxyl groups is 1. The molecule has 2 N–H and O–H groups in total. The second kappa shape index (κ2) is 8.66. The number of anilines is 1. The van der Waals surface area contributed by atoms with Crippen molar-refractivity contribution in [1.82, 2.24) is 0 Å². The highest BCUT2D eigenvalue weighted by Gasteiger charge is 2.08. The first-order valence-electron chi connectivity index (χ1n) is 5.91. The first-order chi connectivity index (χ1) is 9.21. The number of methoxy groups -OCH3 is 2. The van der Waals surface area contributed by atoms with E-state index in [1.807, 2.05) is 0 Å². The van der Waals surface area contributed by atoms with Gasteiger partial charge in [0, 0.05) is 12.7 Å². The summed E-state index contributed by atoms with van der Waals surface area (Å²) in [4.78, 5) is 11.7. The highest BCUT2D eigenvalue weighted by Crippen LogP contribution is 2.29. The first kappa shape index (κ1) is 15.7. The van der Waals surface area contributed by atoms with Crippen molar-refractivity contribution in [3.05, 3.63) is 18.2 Å². The summed E-state index contributed by atoms with van der Waals surface area (Å²) in [6.45, 7) is 0.154. The highest BCUT2D eigenvalue weighted by molar-refractivity contribution is 7.99. The van der Waals surface area contributed by atoms with Crippen molar-refractivity contribution in [1.29, 1.82) is 0 Å². The fraction of sp³-hybridized carbons (Fsp3) is 0.462. The van der Waals surface area contributed by atoms with E-state index in [1.54, 1.807) is 32.4 Å². The summed E-state index contributed by atoms with van der Waals surface area (Å²) in [5.74, 6) is 2.27. The molecular formula is C13H19NO4S. The molecule has 0 bridgehead atoms. The maximum Gasteiger partial charge on any atom is 0.234 e. The molecule has 0 aromatic heterocycles. The van der Waals surface area contributed by atoms with E-state index >= 15 is 0 Å². The van der Waals surface area contributed by atoms with E-state index in [0.29, 0.717) is 29.4 Å². The zero-order chi connectivity index (χ0) is 14.1. The molecule has 0 spiro atoms. The molecule has 1 rings (SSSR count). The second-order valence-corrected chi connectivity index (χ2v) is 4.85. The molecule has 19 heavy (non-hydrogen) atoms. The monoisotopic (exact) mass is 285 g/mol. The SMILES string of the molecule is COc1ccc(NC(=O)CSCCCO)c(OC)c1. The Morgan fingerprint density at radius 2 is 2.16 bits per heavy atom. The molecule has 1 aromatic rings. The minimum Gasteiger partial charge on any atom is -0.497 e. The highest BCUT2D eigenvalue weighted by atomic mass is 32.2. The maximum atomic E-state index is 11.7. The lowest BCUT2D eigenvalue weighted by molar-refractivity contribution is -0.113. The molecule has 0 aliphatic carbocycles. The van der Waals surface area contributed by atoms with Crippen LogP contribution >= 0.6 is 11.8 Å². The van der Waals surface area contributed by atoms with E-state index in [-0.39, 0.29) is 12.5 Å². The van der Waals surface area contributed by atoms with Gasteiger partial charge in [-0.2, -0.15) is 11.8 Å². The van der Waals surface area contributed by atoms with Crippen LogP contribution in [-0.2, 0) is 4.79 Å². The third kappa shape index (κ3) is 5.40. The topological polar surface area (TPSA) is 67.8 Å². The summed E-state index contributed by atoms with van der Waals surface area (Å²) in [5.41, 5.74) is 0.621. The molecule has 0 atom stereocenters. The largest absolute Gasteiger partial charge is 0.497 e. The van der Waals surface area contributed by atoms with Crippen LogP contribution in [-0.4, -0.2) is 43.3 Å². The van der Waals surface area contributed by atoms with Gasteiger partial charge in [0.2, 0.25) is 5.91 Å². The van der Waals surface area contributed by atoms with Crippen LogP contribution in [0.15, 0.2) is 18.2 Å². The number of benzene rings is 1. The lowest BCUT2D eigenvalue weighted by Crippen LogP contribution is -2.15. The molecule has 0 aliphatic heterocycles. The molecule has 0 radical (unpaired) electrons. The molecule has 1 amide bonds. The van der Waals surface area contributed by atoms with Crippen molar-refractivity contribution in [3.63, 3.8) is 0 Å². The third-order valence-electron chi connectivity index (χ3n) is 2.36. The predicted octanol–water partition coefficient (Wildman–Crippen LogP) is 1.76. The van der Waals surface area contributed by atoms with E-state index in [2.05, 4.69) is 5.32 Å². The summed E-state index contributed by atoms with van der Waals surface area (Å²) >= 11 is 1.49. The van der Waals surface area contributed by atoms with Gasteiger partial charge in [-0.15, -0.1) is 0 Å². The Morgan fingerprint density at radius 1 is 1.37 bits per heavy atom. The molecule has 0 heterocycles. The average Bonchev–Trinajstić information content (AvgIpc) is 2.44. The van der Waals surface area contributed by atoms with Gasteiger partial charge in [-0.25, -0.2) is 0 Å². The molecular weight excluding hydrogens is 266 g/mol. The van der Waals surface area contributed by atoms with E-state index < -0.39 is 0 Å². The zero-order valence-electron chi connectivity index (χ0n) is 11.1. The number of hydrogen-bond acceptors (Lipinski definition) is 5. The van der Waals surface area contributed by atoms with E-state index in [1.165, 1.54) is 11.8 Å². The van der Waals surface area contributed by atoms with Crippen LogP contribution in [0.5, 0.6) is 11.5 Å². The number of hydrogen-bond donors (Lipinski definition) is 2. The van der Waals surface area contributed by atoms with E-state index in [0.717, 1.165) is 5.75 Å². The number of rotatable bonds is 8. The van der Waals surface area contributed by atoms with Crippen molar-refractivity contribution in [2.75, 3.05) is 37.6 Å². The number of aliphatic hydroxyl groups excluding tert-OH is 1. The Balaban J connectivity index is 2.53. The van der Waals surface area contributed by atoms with Gasteiger partial charge in [0.1, 0.15) is 11.5 Å². The van der Waals surface area contributed by atoms with Crippen molar-refractivity contribution >= 4 is 23.4 Å². The quantitative estimate of drug-likeness (QED) is 0.712. The van der Waals surface area contributed by atoms with Crippen LogP contribution < -0.4 is 14.8 Å². The van der Waals surface area contributed by atoms with Crippen molar-refractivity contribution in [2.24, 2.45) is 0 Å². The predicted molar refractivity (Wildman–Crippen MR) is 77.2 cm³/mol. The van der Waals surface area contributed by atoms with Gasteiger partial charge in [0.25, 0.3) is 0 Å². The van der Waals surface area contributed by atoms with Gasteiger partial charge >= 0.3 is 0 Å². The minimum absolute atomic E-state index is 0.0913. The molecule has 106 valence electrons. The molecule has 0 unspecified atom stereocenters. The average molecular weight is 285 g/mol. The van der Waals surface area contributed by atoms with Crippen LogP contribution in [0.2, 0.25) is 0 Å². The van der Waals surface area contributed by atoms with Gasteiger partial charge in [0.15, 0.2) is 0 Å². The second-order valence-electron chi connectivity index (χ2n) is 3.74. The van der Waals surface area contributed by atoms with Gasteiger partial charge in [-0.3, -0.25) is 4.79 Å². The number of thioether (sulfide) groups is 1. The standard InChI is InChI=1S/C13H19NO4S/c1-17-10-4-5-11(12(8-10)18-2)14-13(16)9-19-7-3-6-15/h4-5,8,15H,3,6-7,9H2,1-2H3,(H,14,16). The molecule has 0 fully saturated rings. The number of nitrogens with one attached hydrogen (secondary N) is 1. The molecule has 0 saturated heterocycles. The smallest absolute Gasteiger partial charge is 0.234 e. The normalized spacial score (nSPS) is 10.1. The lowest BCUT2D eigenvalue weighted by atomic mass is 10.2. The van der Waals surface area contributed by atoms with Crippen LogP contribution in [0.3, 0.4) is 0 Å². The van der Waals surface area contributed by atoms with Crippen LogP contribution in [0, 0.1) is 0 Å². The number of carbonyl (C=O) groups is 1. The Bertz CT molecular complexity index is 412. The third-order valence-corrected chi connectivity index (χ3v) is 3.41. The molecule has 1 aromatic carbocycles. The Labute approximate surface area is 117 Å². The molecule has 5 nitrogen and oxygen atoms in total. The zero-order valence-corrected chi connectivity index (χ0v) is 12.0. The van der Waals surface area contributed by atoms with Crippen molar-refractivity contribution < 1.29 is 19.4 Å².